The van der Waals surface area contributed by atoms with Crippen LogP contribution in [0.15, 0.2) is 48.9 Å². The number of pyridine rings is 2. The molecule has 0 bridgehead atoms. The highest BCUT2D eigenvalue weighted by Crippen LogP contribution is 2.34. The van der Waals surface area contributed by atoms with Gasteiger partial charge in [0.2, 0.25) is 0 Å². The van der Waals surface area contributed by atoms with Crippen molar-refractivity contribution in [2.24, 2.45) is 5.41 Å². The van der Waals surface area contributed by atoms with Crippen molar-refractivity contribution in [3.05, 3.63) is 54.6 Å². The summed E-state index contributed by atoms with van der Waals surface area (Å²) in [6.45, 7) is 6.76. The maximum Gasteiger partial charge on any atom is 0.0641 e. The van der Waals surface area contributed by atoms with Gasteiger partial charge in [-0.2, -0.15) is 0 Å². The number of nitrogens with zero attached hydrogens (tertiary/aromatic N) is 4. The molecule has 2 aliphatic rings. The van der Waals surface area contributed by atoms with Crippen LogP contribution in [0, 0.1) is 5.41 Å². The third-order valence-electron chi connectivity index (χ3n) is 5.30. The lowest BCUT2D eigenvalue weighted by Gasteiger charge is -2.43. The molecule has 4 rings (SSSR count). The van der Waals surface area contributed by atoms with Crippen LogP contribution in [0.5, 0.6) is 0 Å². The van der Waals surface area contributed by atoms with E-state index in [0.29, 0.717) is 0 Å². The van der Waals surface area contributed by atoms with E-state index in [9.17, 15) is 0 Å². The van der Waals surface area contributed by atoms with E-state index < -0.39 is 0 Å². The number of hydrogen-bond donors (Lipinski definition) is 0. The molecule has 1 spiro atoms. The Balaban J connectivity index is 1.49. The van der Waals surface area contributed by atoms with E-state index in [-0.39, 0.29) is 5.41 Å². The molecular formula is C20H26N4O. The zero-order valence-corrected chi connectivity index (χ0v) is 14.7. The molecule has 0 amide bonds. The van der Waals surface area contributed by atoms with Crippen LogP contribution in [-0.4, -0.2) is 54.3 Å². The molecule has 2 aromatic heterocycles. The van der Waals surface area contributed by atoms with Gasteiger partial charge in [0.25, 0.3) is 0 Å². The molecule has 25 heavy (non-hydrogen) atoms. The molecule has 132 valence electrons. The van der Waals surface area contributed by atoms with Crippen molar-refractivity contribution in [2.75, 3.05) is 44.3 Å². The summed E-state index contributed by atoms with van der Waals surface area (Å²) in [5.41, 5.74) is 2.55. The van der Waals surface area contributed by atoms with Crippen LogP contribution >= 0.6 is 0 Å². The highest BCUT2D eigenvalue weighted by molar-refractivity contribution is 5.44. The summed E-state index contributed by atoms with van der Waals surface area (Å²) in [5, 5.41) is 0. The van der Waals surface area contributed by atoms with E-state index in [1.165, 1.54) is 18.5 Å². The minimum atomic E-state index is 0.194. The third kappa shape index (κ3) is 3.99. The van der Waals surface area contributed by atoms with Crippen LogP contribution in [0.4, 0.5) is 5.69 Å². The van der Waals surface area contributed by atoms with Crippen molar-refractivity contribution in [1.82, 2.24) is 14.9 Å². The molecule has 2 fully saturated rings. The van der Waals surface area contributed by atoms with Gasteiger partial charge in [0.05, 0.1) is 30.8 Å². The number of hydrogen-bond acceptors (Lipinski definition) is 5. The fourth-order valence-electron chi connectivity index (χ4n) is 4.17. The quantitative estimate of drug-likeness (QED) is 0.860. The van der Waals surface area contributed by atoms with Gasteiger partial charge < -0.3 is 9.64 Å². The summed E-state index contributed by atoms with van der Waals surface area (Å²) in [4.78, 5) is 13.8. The fourth-order valence-corrected chi connectivity index (χ4v) is 4.17. The Morgan fingerprint density at radius 1 is 1.08 bits per heavy atom. The first-order valence-corrected chi connectivity index (χ1v) is 9.18. The van der Waals surface area contributed by atoms with Crippen LogP contribution in [0.2, 0.25) is 0 Å². The molecule has 2 aliphatic heterocycles. The molecule has 0 aliphatic carbocycles. The normalized spacial score (nSPS) is 25.0. The standard InChI is InChI=1S/C20H26N4O/c1-2-9-22-18(5-1)14-23-10-4-7-20(15-23)16-24(11-12-25-17-20)19-6-3-8-21-13-19/h1-3,5-6,8-9,13H,4,7,10-12,14-17H2/t20-/m1/s1. The van der Waals surface area contributed by atoms with Crippen molar-refractivity contribution < 1.29 is 4.74 Å². The Kier molecular flexibility index (Phi) is 4.95. The molecule has 5 heteroatoms. The molecule has 4 heterocycles. The van der Waals surface area contributed by atoms with Gasteiger partial charge in [0, 0.05) is 44.0 Å². The summed E-state index contributed by atoms with van der Waals surface area (Å²) < 4.78 is 6.03. The van der Waals surface area contributed by atoms with Gasteiger partial charge in [-0.05, 0) is 43.7 Å². The second-order valence-corrected chi connectivity index (χ2v) is 7.32. The Morgan fingerprint density at radius 2 is 2.08 bits per heavy atom. The van der Waals surface area contributed by atoms with E-state index in [2.05, 4.69) is 38.0 Å². The number of aromatic nitrogens is 2. The Hall–Kier alpha value is -1.98. The van der Waals surface area contributed by atoms with Gasteiger partial charge in [-0.1, -0.05) is 6.07 Å². The lowest BCUT2D eigenvalue weighted by molar-refractivity contribution is 0.0103. The highest BCUT2D eigenvalue weighted by atomic mass is 16.5. The first-order chi connectivity index (χ1) is 12.3. The summed E-state index contributed by atoms with van der Waals surface area (Å²) >= 11 is 0. The Labute approximate surface area is 149 Å². The van der Waals surface area contributed by atoms with Gasteiger partial charge in [0.15, 0.2) is 0 Å². The number of ether oxygens (including phenoxy) is 1. The van der Waals surface area contributed by atoms with Crippen molar-refractivity contribution in [3.8, 4) is 0 Å². The number of anilines is 1. The maximum absolute atomic E-state index is 6.03. The molecular weight excluding hydrogens is 312 g/mol. The van der Waals surface area contributed by atoms with Gasteiger partial charge in [-0.3, -0.25) is 14.9 Å². The van der Waals surface area contributed by atoms with E-state index in [1.54, 1.807) is 0 Å². The largest absolute Gasteiger partial charge is 0.379 e. The summed E-state index contributed by atoms with van der Waals surface area (Å²) in [6.07, 6.45) is 8.13. The fraction of sp³-hybridized carbons (Fsp3) is 0.500. The predicted octanol–water partition coefficient (Wildman–Crippen LogP) is 2.60. The number of likely N-dealkylation sites (tertiary alicyclic amines) is 1. The van der Waals surface area contributed by atoms with Crippen molar-refractivity contribution in [1.29, 1.82) is 0 Å². The molecule has 5 nitrogen and oxygen atoms in total. The molecule has 0 radical (unpaired) electrons. The SMILES string of the molecule is c1ccc(CN2CCC[C@@]3(COCCN(c4cccnc4)C3)C2)nc1. The first kappa shape index (κ1) is 16.5. The Bertz CT molecular complexity index is 666. The molecule has 2 aromatic rings. The second kappa shape index (κ2) is 7.50. The summed E-state index contributed by atoms with van der Waals surface area (Å²) in [6, 6.07) is 10.3. The van der Waals surface area contributed by atoms with E-state index in [0.717, 1.165) is 51.6 Å². The summed E-state index contributed by atoms with van der Waals surface area (Å²) in [7, 11) is 0. The average molecular weight is 338 g/mol. The average Bonchev–Trinajstić information content (AvgIpc) is 2.86. The van der Waals surface area contributed by atoms with Crippen molar-refractivity contribution in [3.63, 3.8) is 0 Å². The molecule has 0 N–H and O–H groups in total. The van der Waals surface area contributed by atoms with Crippen LogP contribution in [-0.2, 0) is 11.3 Å². The number of rotatable bonds is 3. The van der Waals surface area contributed by atoms with Crippen molar-refractivity contribution in [2.45, 2.75) is 19.4 Å². The van der Waals surface area contributed by atoms with Crippen LogP contribution in [0.25, 0.3) is 0 Å². The minimum Gasteiger partial charge on any atom is -0.379 e. The third-order valence-corrected chi connectivity index (χ3v) is 5.30. The molecule has 1 atom stereocenters. The van der Waals surface area contributed by atoms with Gasteiger partial charge in [0.1, 0.15) is 0 Å². The van der Waals surface area contributed by atoms with E-state index in [4.69, 9.17) is 4.74 Å². The lowest BCUT2D eigenvalue weighted by atomic mass is 9.80. The van der Waals surface area contributed by atoms with Gasteiger partial charge in [-0.15, -0.1) is 0 Å². The van der Waals surface area contributed by atoms with Gasteiger partial charge >= 0.3 is 0 Å². The van der Waals surface area contributed by atoms with E-state index >= 15 is 0 Å². The van der Waals surface area contributed by atoms with Crippen LogP contribution < -0.4 is 4.90 Å². The maximum atomic E-state index is 6.03. The second-order valence-electron chi connectivity index (χ2n) is 7.32. The zero-order valence-electron chi connectivity index (χ0n) is 14.7. The van der Waals surface area contributed by atoms with Crippen LogP contribution in [0.3, 0.4) is 0 Å². The smallest absolute Gasteiger partial charge is 0.0641 e. The Morgan fingerprint density at radius 3 is 2.92 bits per heavy atom. The molecule has 0 aromatic carbocycles. The first-order valence-electron chi connectivity index (χ1n) is 9.18. The minimum absolute atomic E-state index is 0.194. The molecule has 0 unspecified atom stereocenters. The topological polar surface area (TPSA) is 41.5 Å². The predicted molar refractivity (Wildman–Crippen MR) is 98.5 cm³/mol. The zero-order chi connectivity index (χ0) is 17.0. The monoisotopic (exact) mass is 338 g/mol. The van der Waals surface area contributed by atoms with Gasteiger partial charge in [-0.25, -0.2) is 0 Å². The summed E-state index contributed by atoms with van der Waals surface area (Å²) in [5.74, 6) is 0. The van der Waals surface area contributed by atoms with E-state index in [1.807, 2.05) is 30.7 Å². The number of piperidine rings is 1. The lowest BCUT2D eigenvalue weighted by Crippen LogP contribution is -2.50. The molecule has 2 saturated heterocycles. The van der Waals surface area contributed by atoms with Crippen LogP contribution in [0.1, 0.15) is 18.5 Å². The molecule has 0 saturated carbocycles. The highest BCUT2D eigenvalue weighted by Gasteiger charge is 2.39. The van der Waals surface area contributed by atoms with Crippen molar-refractivity contribution >= 4 is 5.69 Å².